The molecule has 3 saturated heterocycles. The van der Waals surface area contributed by atoms with Gasteiger partial charge >= 0.3 is 17.9 Å². The summed E-state index contributed by atoms with van der Waals surface area (Å²) in [5.74, 6) is -3.88. The van der Waals surface area contributed by atoms with Gasteiger partial charge in [-0.2, -0.15) is 0 Å². The van der Waals surface area contributed by atoms with Gasteiger partial charge in [0.15, 0.2) is 25.0 Å². The topological polar surface area (TPSA) is 388 Å². The van der Waals surface area contributed by atoms with Crippen LogP contribution in [-0.4, -0.2) is 227 Å². The lowest BCUT2D eigenvalue weighted by Gasteiger charge is -2.72. The van der Waals surface area contributed by atoms with Crippen LogP contribution < -0.4 is 0 Å². The van der Waals surface area contributed by atoms with E-state index in [0.717, 1.165) is 5.57 Å². The van der Waals surface area contributed by atoms with E-state index in [4.69, 9.17) is 37.9 Å². The fraction of sp³-hybridized carbons (Fsp3) is 0.873. The Morgan fingerprint density at radius 3 is 1.76 bits per heavy atom. The third-order valence-corrected chi connectivity index (χ3v) is 21.1. The van der Waals surface area contributed by atoms with Gasteiger partial charge in [-0.05, 0) is 92.8 Å². The summed E-state index contributed by atoms with van der Waals surface area (Å²) in [5.41, 5.74) is -3.78. The Bertz CT molecular complexity index is 2290. The summed E-state index contributed by atoms with van der Waals surface area (Å²) in [5, 5.41) is 143. The van der Waals surface area contributed by atoms with Crippen LogP contribution in [0.25, 0.3) is 0 Å². The molecule has 13 N–H and O–H groups in total. The van der Waals surface area contributed by atoms with Crippen molar-refractivity contribution < 1.29 is 119 Å². The van der Waals surface area contributed by atoms with E-state index >= 15 is 0 Å². The minimum absolute atomic E-state index is 0.0849. The highest BCUT2D eigenvalue weighted by Gasteiger charge is 2.74. The summed E-state index contributed by atoms with van der Waals surface area (Å²) >= 11 is 0. The zero-order valence-corrected chi connectivity index (χ0v) is 46.4. The predicted molar refractivity (Wildman–Crippen MR) is 269 cm³/mol. The van der Waals surface area contributed by atoms with Crippen molar-refractivity contribution in [2.45, 2.75) is 224 Å². The fourth-order valence-corrected chi connectivity index (χ4v) is 16.2. The van der Waals surface area contributed by atoms with E-state index in [2.05, 4.69) is 26.8 Å². The van der Waals surface area contributed by atoms with E-state index in [-0.39, 0.29) is 24.7 Å². The first kappa shape index (κ1) is 62.2. The van der Waals surface area contributed by atoms with Crippen LogP contribution in [0.2, 0.25) is 0 Å². The highest BCUT2D eigenvalue weighted by Crippen LogP contribution is 2.76. The van der Waals surface area contributed by atoms with E-state index in [1.807, 2.05) is 20.8 Å². The van der Waals surface area contributed by atoms with Crippen LogP contribution >= 0.6 is 0 Å². The molecular weight excluding hydrogens is 1040 g/mol. The van der Waals surface area contributed by atoms with Crippen LogP contribution in [0.3, 0.4) is 0 Å². The number of aliphatic hydroxyl groups is 12. The number of allylic oxidation sites excluding steroid dienone is 3. The van der Waals surface area contributed by atoms with Crippen molar-refractivity contribution in [3.8, 4) is 0 Å². The number of hydrogen-bond acceptors (Lipinski definition) is 23. The van der Waals surface area contributed by atoms with E-state index in [0.29, 0.717) is 37.7 Å². The molecule has 0 spiro atoms. The summed E-state index contributed by atoms with van der Waals surface area (Å²) < 4.78 is 48.2. The van der Waals surface area contributed by atoms with Gasteiger partial charge in [0.25, 0.3) is 0 Å². The van der Waals surface area contributed by atoms with E-state index < -0.39 is 199 Å². The van der Waals surface area contributed by atoms with Gasteiger partial charge in [-0.25, -0.2) is 9.59 Å². The minimum atomic E-state index is -2.18. The van der Waals surface area contributed by atoms with Gasteiger partial charge in [0.05, 0.1) is 44.1 Å². The molecule has 450 valence electrons. The van der Waals surface area contributed by atoms with Crippen molar-refractivity contribution in [2.24, 2.45) is 50.2 Å². The summed E-state index contributed by atoms with van der Waals surface area (Å²) in [4.78, 5) is 39.5. The molecule has 8 aliphatic rings. The summed E-state index contributed by atoms with van der Waals surface area (Å²) in [6.07, 6.45) is -26.5. The molecule has 4 saturated carbocycles. The maximum Gasteiger partial charge on any atom is 0.335 e. The zero-order chi connectivity index (χ0) is 58.4. The average Bonchev–Trinajstić information content (AvgIpc) is 3.29. The van der Waals surface area contributed by atoms with Crippen LogP contribution in [0.15, 0.2) is 23.3 Å². The number of rotatable bonds is 14. The maximum atomic E-state index is 13.4. The second-order valence-corrected chi connectivity index (χ2v) is 25.5. The van der Waals surface area contributed by atoms with Gasteiger partial charge in [0.2, 0.25) is 0 Å². The Morgan fingerprint density at radius 2 is 1.24 bits per heavy atom. The van der Waals surface area contributed by atoms with Crippen molar-refractivity contribution in [3.05, 3.63) is 23.3 Å². The number of carboxylic acids is 1. The molecular formula is C55H86O24. The first-order valence-electron chi connectivity index (χ1n) is 27.7. The van der Waals surface area contributed by atoms with Crippen molar-refractivity contribution >= 4 is 17.9 Å². The number of fused-ring (bicyclic) bond motifs is 7. The summed E-state index contributed by atoms with van der Waals surface area (Å²) in [7, 11) is 0. The minimum Gasteiger partial charge on any atom is -0.479 e. The molecule has 7 fully saturated rings. The van der Waals surface area contributed by atoms with Gasteiger partial charge in [0, 0.05) is 23.3 Å². The van der Waals surface area contributed by atoms with Gasteiger partial charge < -0.3 is 104 Å². The van der Waals surface area contributed by atoms with Gasteiger partial charge in [0.1, 0.15) is 79.4 Å². The molecule has 0 bridgehead atoms. The van der Waals surface area contributed by atoms with Crippen LogP contribution in [0.4, 0.5) is 0 Å². The molecule has 3 heterocycles. The molecule has 8 rings (SSSR count). The molecule has 0 aromatic rings. The SMILES string of the molecule is C/C=C(/C)C(=O)O[C@H]1[C@H](OC(C)=O)[C@]2(CO)[C@H](O)C[C@]3(C)C(=CC[C@@H]4[C@@]5(C)CC[C@H](O[C@H]6O[C@H](C(=O)O)[C@@H](O[C@@H]7O[C@@H](CO)[C@@H](O)[C@H](O)[C@H]7O)[C@H](O)[C@@H]6O[C@@H]6O[C@H](CO)[C@@H](O)[C@H](O)[C@@H]6O)[C@](C)(CO)[C@@H]5CC[C@]43C)[C@@H]2CC1(C)C. The Balaban J connectivity index is 1.12. The van der Waals surface area contributed by atoms with Crippen LogP contribution in [-0.2, 0) is 52.3 Å². The van der Waals surface area contributed by atoms with Crippen molar-refractivity contribution in [1.29, 1.82) is 0 Å². The molecule has 27 atom stereocenters. The number of aliphatic carboxylic acids is 1. The Morgan fingerprint density at radius 1 is 0.658 bits per heavy atom. The van der Waals surface area contributed by atoms with Crippen LogP contribution in [0.5, 0.6) is 0 Å². The molecule has 0 unspecified atom stereocenters. The Hall–Kier alpha value is -2.83. The summed E-state index contributed by atoms with van der Waals surface area (Å²) in [6, 6.07) is 0. The van der Waals surface area contributed by atoms with Gasteiger partial charge in [-0.1, -0.05) is 59.3 Å². The largest absolute Gasteiger partial charge is 0.479 e. The Kier molecular flexibility index (Phi) is 17.8. The zero-order valence-electron chi connectivity index (χ0n) is 46.4. The van der Waals surface area contributed by atoms with Gasteiger partial charge in [-0.3, -0.25) is 4.79 Å². The molecule has 0 radical (unpaired) electrons. The smallest absolute Gasteiger partial charge is 0.335 e. The maximum absolute atomic E-state index is 13.4. The summed E-state index contributed by atoms with van der Waals surface area (Å²) in [6.45, 7) is 14.1. The van der Waals surface area contributed by atoms with Gasteiger partial charge in [-0.15, -0.1) is 0 Å². The third-order valence-electron chi connectivity index (χ3n) is 21.1. The second kappa shape index (κ2) is 22.6. The van der Waals surface area contributed by atoms with E-state index in [1.165, 1.54) is 6.92 Å². The average molecular weight is 1130 g/mol. The van der Waals surface area contributed by atoms with Crippen LogP contribution in [0, 0.1) is 50.2 Å². The fourth-order valence-electron chi connectivity index (χ4n) is 16.2. The molecule has 0 amide bonds. The lowest BCUT2D eigenvalue weighted by Crippen LogP contribution is -2.72. The molecule has 3 aliphatic heterocycles. The highest BCUT2D eigenvalue weighted by molar-refractivity contribution is 5.87. The lowest BCUT2D eigenvalue weighted by atomic mass is 9.33. The number of carbonyl (C=O) groups excluding carboxylic acids is 2. The predicted octanol–water partition coefficient (Wildman–Crippen LogP) is -1.32. The van der Waals surface area contributed by atoms with Crippen molar-refractivity contribution in [3.63, 3.8) is 0 Å². The molecule has 24 heteroatoms. The number of carbonyl (C=O) groups is 3. The van der Waals surface area contributed by atoms with Crippen molar-refractivity contribution in [1.82, 2.24) is 0 Å². The monoisotopic (exact) mass is 1130 g/mol. The molecule has 79 heavy (non-hydrogen) atoms. The lowest BCUT2D eigenvalue weighted by molar-refractivity contribution is -0.392. The number of ether oxygens (including phenoxy) is 8. The quantitative estimate of drug-likeness (QED) is 0.0415. The molecule has 5 aliphatic carbocycles. The Labute approximate surface area is 459 Å². The van der Waals surface area contributed by atoms with E-state index in [1.54, 1.807) is 19.9 Å². The van der Waals surface area contributed by atoms with Crippen LogP contribution in [0.1, 0.15) is 107 Å². The highest BCUT2D eigenvalue weighted by atomic mass is 16.8. The first-order chi connectivity index (χ1) is 36.9. The normalized spacial score (nSPS) is 50.6. The first-order valence-corrected chi connectivity index (χ1v) is 27.7. The van der Waals surface area contributed by atoms with E-state index in [9.17, 15) is 80.8 Å². The molecule has 0 aromatic carbocycles. The molecule has 24 nitrogen and oxygen atoms in total. The number of hydrogen-bond donors (Lipinski definition) is 13. The second-order valence-electron chi connectivity index (χ2n) is 25.5. The number of aliphatic hydroxyl groups excluding tert-OH is 12. The number of carboxylic acid groups (broad SMARTS) is 1. The van der Waals surface area contributed by atoms with Crippen molar-refractivity contribution in [2.75, 3.05) is 26.4 Å². The third kappa shape index (κ3) is 9.94. The number of esters is 2. The standard InChI is InChI=1S/C55H86O24/c1-10-23(2)46(71)79-43-44(72-24(3)60)55(22-59)26(17-50(43,4)5)25-11-12-30-51(6)15-14-32(52(7,21-58)29(51)13-16-53(30,8)54(25,9)18-31(55)61)75-49-41(77-48-38(67)36(65)34(63)28(20-57)74-48)39(68)40(42(78-49)45(69)70)76-47-37(66)35(64)33(62)27(19-56)73-47/h10-11,26-44,47-49,56-59,61-68H,12-22H2,1-9H3,(H,69,70)/b23-10-/t26-,27-,28+,29+,30+,31+,32-,33+,34+,35-,36-,37+,38-,39-,40-,41-,42-,43-,44-,47-,48-,49-,51-,52+,53+,54+,55-/m0/s1. The molecule has 0 aromatic heterocycles.